The molecule has 0 aliphatic carbocycles. The lowest BCUT2D eigenvalue weighted by Crippen LogP contribution is -2.37. The number of esters is 2. The highest BCUT2D eigenvalue weighted by Gasteiger charge is 2.21. The molecule has 0 spiro atoms. The highest BCUT2D eigenvalue weighted by atomic mass is 31.2. The van der Waals surface area contributed by atoms with Crippen LogP contribution in [-0.4, -0.2) is 81.2 Å². The third-order valence-corrected chi connectivity index (χ3v) is 10.1. The van der Waals surface area contributed by atoms with Gasteiger partial charge < -0.3 is 33.0 Å². The van der Waals surface area contributed by atoms with Crippen LogP contribution in [0.4, 0.5) is 0 Å². The highest BCUT2D eigenvalue weighted by Crippen LogP contribution is 2.38. The fraction of sp³-hybridized carbons (Fsp3) is 0.739. The summed E-state index contributed by atoms with van der Waals surface area (Å²) in [6.45, 7) is 3.95. The van der Waals surface area contributed by atoms with Gasteiger partial charge in [-0.3, -0.25) is 14.2 Å². The van der Waals surface area contributed by atoms with Crippen molar-refractivity contribution in [3.8, 4) is 0 Å². The third-order valence-electron chi connectivity index (χ3n) is 9.13. The van der Waals surface area contributed by atoms with Crippen molar-refractivity contribution in [2.24, 2.45) is 0 Å². The van der Waals surface area contributed by atoms with Gasteiger partial charge in [0.2, 0.25) is 0 Å². The minimum atomic E-state index is -4.66. The molecular formula is C46H82NO9P. The molecular weight excluding hydrogens is 741 g/mol. The number of aliphatic hydroxyl groups is 1. The first kappa shape index (κ1) is 54.7. The number of allylic oxidation sites excluding steroid dienone is 8. The van der Waals surface area contributed by atoms with Crippen molar-refractivity contribution in [1.29, 1.82) is 0 Å². The van der Waals surface area contributed by atoms with Gasteiger partial charge in [0.25, 0.3) is 7.82 Å². The summed E-state index contributed by atoms with van der Waals surface area (Å²) in [4.78, 5) is 37.5. The van der Waals surface area contributed by atoms with Crippen molar-refractivity contribution < 1.29 is 47.2 Å². The van der Waals surface area contributed by atoms with E-state index in [0.29, 0.717) is 43.1 Å². The average Bonchev–Trinajstić information content (AvgIpc) is 3.15. The molecule has 0 aliphatic heterocycles. The normalized spacial score (nSPS) is 14.7. The molecule has 0 aromatic rings. The predicted octanol–water partition coefficient (Wildman–Crippen LogP) is 10.8. The van der Waals surface area contributed by atoms with Crippen LogP contribution in [-0.2, 0) is 32.7 Å². The summed E-state index contributed by atoms with van der Waals surface area (Å²) < 4.78 is 33.8. The van der Waals surface area contributed by atoms with E-state index < -0.39 is 38.6 Å². The molecule has 0 amide bonds. The Bertz CT molecular complexity index is 1170. The molecule has 0 saturated heterocycles. The first-order valence-electron chi connectivity index (χ1n) is 22.1. The number of carbonyl (C=O) groups is 2. The fourth-order valence-corrected chi connectivity index (χ4v) is 6.38. The van der Waals surface area contributed by atoms with Crippen LogP contribution in [0.1, 0.15) is 162 Å². The largest absolute Gasteiger partial charge is 0.756 e. The number of carbonyl (C=O) groups excluding carboxylic acids is 2. The first-order chi connectivity index (χ1) is 27.4. The van der Waals surface area contributed by atoms with Gasteiger partial charge in [0.05, 0.1) is 33.9 Å². The predicted molar refractivity (Wildman–Crippen MR) is 232 cm³/mol. The molecule has 0 aromatic heterocycles. The molecule has 0 radical (unpaired) electrons. The van der Waals surface area contributed by atoms with Crippen LogP contribution in [0.2, 0.25) is 0 Å². The molecule has 0 aliphatic rings. The molecule has 0 heterocycles. The summed E-state index contributed by atoms with van der Waals surface area (Å²) >= 11 is 0. The third kappa shape index (κ3) is 41.6. The van der Waals surface area contributed by atoms with Crippen molar-refractivity contribution in [1.82, 2.24) is 0 Å². The van der Waals surface area contributed by atoms with Crippen molar-refractivity contribution in [3.05, 3.63) is 60.8 Å². The Hall–Kier alpha value is -2.33. The standard InChI is InChI=1S/C46H82NO9P/c1-6-8-10-12-14-15-16-17-18-19-20-21-25-29-33-37-45(49)53-41-44(42-55-57(51,52)54-40-39-47(3,4)5)56-46(50)38-34-30-26-23-22-24-28-32-36-43(48)35-31-27-13-11-9-7-2/h9,11,23-24,26-28,31-32,36,43-44,48H,6-8,10,12-22,25,29-30,33-35,37-42H2,1-5H3/b11-9-,26-23-,28-24-,31-27-,36-32+/t43?,44-/m1/s1. The van der Waals surface area contributed by atoms with Gasteiger partial charge in [-0.25, -0.2) is 0 Å². The molecule has 0 fully saturated rings. The second kappa shape index (κ2) is 37.9. The van der Waals surface area contributed by atoms with E-state index in [1.807, 2.05) is 57.6 Å². The lowest BCUT2D eigenvalue weighted by molar-refractivity contribution is -0.870. The lowest BCUT2D eigenvalue weighted by atomic mass is 10.0. The maximum atomic E-state index is 12.7. The number of hydrogen-bond donors (Lipinski definition) is 1. The van der Waals surface area contributed by atoms with E-state index in [2.05, 4.69) is 32.1 Å². The zero-order valence-corrected chi connectivity index (χ0v) is 37.5. The zero-order chi connectivity index (χ0) is 42.3. The molecule has 330 valence electrons. The van der Waals surface area contributed by atoms with Gasteiger partial charge in [-0.2, -0.15) is 0 Å². The van der Waals surface area contributed by atoms with Gasteiger partial charge in [0.1, 0.15) is 19.8 Å². The van der Waals surface area contributed by atoms with Gasteiger partial charge in [-0.05, 0) is 44.9 Å². The fourth-order valence-electron chi connectivity index (χ4n) is 5.66. The van der Waals surface area contributed by atoms with E-state index in [1.54, 1.807) is 6.08 Å². The van der Waals surface area contributed by atoms with Crippen LogP contribution >= 0.6 is 7.82 Å². The van der Waals surface area contributed by atoms with E-state index in [4.69, 9.17) is 18.5 Å². The molecule has 10 nitrogen and oxygen atoms in total. The molecule has 57 heavy (non-hydrogen) atoms. The highest BCUT2D eigenvalue weighted by molar-refractivity contribution is 7.45. The Morgan fingerprint density at radius 2 is 1.23 bits per heavy atom. The van der Waals surface area contributed by atoms with Gasteiger partial charge in [-0.15, -0.1) is 0 Å². The van der Waals surface area contributed by atoms with Gasteiger partial charge >= 0.3 is 11.9 Å². The number of phosphoric ester groups is 1. The summed E-state index contributed by atoms with van der Waals surface area (Å²) in [5, 5.41) is 10.0. The molecule has 0 rings (SSSR count). The number of aliphatic hydroxyl groups excluding tert-OH is 1. The minimum absolute atomic E-state index is 0.0540. The minimum Gasteiger partial charge on any atom is -0.756 e. The summed E-state index contributed by atoms with van der Waals surface area (Å²) in [6, 6.07) is 0. The van der Waals surface area contributed by atoms with Gasteiger partial charge in [-0.1, -0.05) is 164 Å². The van der Waals surface area contributed by atoms with Crippen molar-refractivity contribution >= 4 is 19.8 Å². The molecule has 3 atom stereocenters. The number of hydrogen-bond acceptors (Lipinski definition) is 9. The number of nitrogens with zero attached hydrogens (tertiary/aromatic N) is 1. The van der Waals surface area contributed by atoms with E-state index in [9.17, 15) is 24.2 Å². The molecule has 0 bridgehead atoms. The Balaban J connectivity index is 4.52. The molecule has 1 N–H and O–H groups in total. The average molecular weight is 824 g/mol. The van der Waals surface area contributed by atoms with Crippen LogP contribution in [0.25, 0.3) is 0 Å². The maximum absolute atomic E-state index is 12.7. The first-order valence-corrected chi connectivity index (χ1v) is 23.6. The molecule has 11 heteroatoms. The molecule has 0 aromatic carbocycles. The smallest absolute Gasteiger partial charge is 0.306 e. The van der Waals surface area contributed by atoms with Crippen LogP contribution in [0.15, 0.2) is 60.8 Å². The second-order valence-corrected chi connectivity index (χ2v) is 17.3. The summed E-state index contributed by atoms with van der Waals surface area (Å²) in [7, 11) is 1.09. The van der Waals surface area contributed by atoms with Crippen molar-refractivity contribution in [3.63, 3.8) is 0 Å². The Morgan fingerprint density at radius 1 is 0.667 bits per heavy atom. The Morgan fingerprint density at radius 3 is 1.84 bits per heavy atom. The number of likely N-dealkylation sites (N-methyl/N-ethyl adjacent to an activating group) is 1. The number of ether oxygens (including phenoxy) is 2. The topological polar surface area (TPSA) is 131 Å². The monoisotopic (exact) mass is 824 g/mol. The number of rotatable bonds is 39. The van der Waals surface area contributed by atoms with Crippen molar-refractivity contribution in [2.45, 2.75) is 174 Å². The Labute approximate surface area is 348 Å². The zero-order valence-electron chi connectivity index (χ0n) is 36.6. The van der Waals surface area contributed by atoms with Crippen molar-refractivity contribution in [2.75, 3.05) is 47.5 Å². The van der Waals surface area contributed by atoms with E-state index in [0.717, 1.165) is 25.7 Å². The number of quaternary nitrogens is 1. The number of unbranched alkanes of at least 4 members (excludes halogenated alkanes) is 15. The Kier molecular flexibility index (Phi) is 36.4. The summed E-state index contributed by atoms with van der Waals surface area (Å²) in [5.41, 5.74) is 0. The SMILES string of the molecule is CC/C=C\C/C=C\CC(O)/C=C/C=C\C/C=C\CCCC(=O)O[C@H](COC(=O)CCCCCCCCCCCCCCCCC)COP(=O)([O-])OCC[N+](C)(C)C. The van der Waals surface area contributed by atoms with E-state index >= 15 is 0 Å². The van der Waals surface area contributed by atoms with Crippen LogP contribution in [0, 0.1) is 0 Å². The van der Waals surface area contributed by atoms with E-state index in [-0.39, 0.29) is 26.1 Å². The quantitative estimate of drug-likeness (QED) is 0.0161. The molecule has 2 unspecified atom stereocenters. The van der Waals surface area contributed by atoms with Gasteiger partial charge in [0, 0.05) is 12.8 Å². The van der Waals surface area contributed by atoms with Crippen LogP contribution < -0.4 is 4.89 Å². The van der Waals surface area contributed by atoms with Crippen LogP contribution in [0.5, 0.6) is 0 Å². The number of phosphoric acid groups is 1. The second-order valence-electron chi connectivity index (χ2n) is 15.9. The summed E-state index contributed by atoms with van der Waals surface area (Å²) in [5.74, 6) is -0.942. The lowest BCUT2D eigenvalue weighted by Gasteiger charge is -2.28. The summed E-state index contributed by atoms with van der Waals surface area (Å²) in [6.07, 6.45) is 41.4. The molecule has 0 saturated carbocycles. The van der Waals surface area contributed by atoms with Crippen LogP contribution in [0.3, 0.4) is 0 Å². The van der Waals surface area contributed by atoms with E-state index in [1.165, 1.54) is 77.0 Å². The van der Waals surface area contributed by atoms with Gasteiger partial charge in [0.15, 0.2) is 6.10 Å². The maximum Gasteiger partial charge on any atom is 0.306 e.